The minimum absolute atomic E-state index is 0.426. The topological polar surface area (TPSA) is 20.2 Å². The first-order chi connectivity index (χ1) is 7.77. The average molecular weight is 218 g/mol. The van der Waals surface area contributed by atoms with Gasteiger partial charge in [-0.25, -0.2) is 0 Å². The highest BCUT2D eigenvalue weighted by Crippen LogP contribution is 2.32. The largest absolute Gasteiger partial charge is 0.508 e. The third kappa shape index (κ3) is 2.78. The predicted molar refractivity (Wildman–Crippen MR) is 67.9 cm³/mol. The van der Waals surface area contributed by atoms with Gasteiger partial charge in [-0.05, 0) is 42.9 Å². The van der Waals surface area contributed by atoms with Crippen LogP contribution in [0.15, 0.2) is 18.2 Å². The summed E-state index contributed by atoms with van der Waals surface area (Å²) in [6.07, 6.45) is 9.59. The first kappa shape index (κ1) is 11.5. The number of aryl methyl sites for hydroxylation is 1. The molecule has 1 heteroatoms. The molecular formula is C15H22O. The monoisotopic (exact) mass is 218 g/mol. The van der Waals surface area contributed by atoms with E-state index in [2.05, 4.69) is 12.1 Å². The lowest BCUT2D eigenvalue weighted by atomic mass is 9.85. The molecular weight excluding hydrogens is 196 g/mol. The van der Waals surface area contributed by atoms with Crippen LogP contribution in [-0.4, -0.2) is 5.11 Å². The van der Waals surface area contributed by atoms with Crippen molar-refractivity contribution in [3.05, 3.63) is 29.3 Å². The van der Waals surface area contributed by atoms with Gasteiger partial charge in [0.1, 0.15) is 5.75 Å². The summed E-state index contributed by atoms with van der Waals surface area (Å²) in [6.45, 7) is 1.99. The van der Waals surface area contributed by atoms with Crippen molar-refractivity contribution in [2.75, 3.05) is 0 Å². The highest BCUT2D eigenvalue weighted by Gasteiger charge is 2.14. The normalized spacial score (nSPS) is 19.1. The maximum atomic E-state index is 9.54. The number of hydrogen-bond donors (Lipinski definition) is 1. The molecule has 0 radical (unpaired) electrons. The summed E-state index contributed by atoms with van der Waals surface area (Å²) in [5.41, 5.74) is 2.44. The number of aromatic hydroxyl groups is 1. The summed E-state index contributed by atoms with van der Waals surface area (Å²) in [4.78, 5) is 0. The van der Waals surface area contributed by atoms with Gasteiger partial charge in [0, 0.05) is 0 Å². The standard InChI is InChI=1S/C15H22O/c1-12-11-14(9-10-15(12)16)13-7-5-3-2-4-6-8-13/h9-11,13,16H,2-8H2,1H3. The summed E-state index contributed by atoms with van der Waals surface area (Å²) in [6, 6.07) is 6.12. The highest BCUT2D eigenvalue weighted by atomic mass is 16.3. The van der Waals surface area contributed by atoms with Gasteiger partial charge in [0.25, 0.3) is 0 Å². The molecule has 0 spiro atoms. The number of phenols is 1. The van der Waals surface area contributed by atoms with Gasteiger partial charge in [-0.15, -0.1) is 0 Å². The molecule has 0 unspecified atom stereocenters. The van der Waals surface area contributed by atoms with Gasteiger partial charge in [0.2, 0.25) is 0 Å². The van der Waals surface area contributed by atoms with Gasteiger partial charge in [-0.1, -0.05) is 44.2 Å². The van der Waals surface area contributed by atoms with Crippen LogP contribution in [0.4, 0.5) is 0 Å². The Balaban J connectivity index is 2.11. The lowest BCUT2D eigenvalue weighted by molar-refractivity contribution is 0.452. The van der Waals surface area contributed by atoms with Crippen LogP contribution in [0.25, 0.3) is 0 Å². The molecule has 1 aliphatic rings. The molecule has 1 saturated carbocycles. The van der Waals surface area contributed by atoms with E-state index in [9.17, 15) is 5.11 Å². The van der Waals surface area contributed by atoms with Crippen LogP contribution in [0.1, 0.15) is 62.0 Å². The van der Waals surface area contributed by atoms with Crippen LogP contribution in [0, 0.1) is 6.92 Å². The zero-order valence-corrected chi connectivity index (χ0v) is 10.2. The number of rotatable bonds is 1. The minimum Gasteiger partial charge on any atom is -0.508 e. The lowest BCUT2D eigenvalue weighted by Crippen LogP contribution is -2.02. The Morgan fingerprint density at radius 2 is 1.62 bits per heavy atom. The van der Waals surface area contributed by atoms with Crippen molar-refractivity contribution < 1.29 is 5.11 Å². The Morgan fingerprint density at radius 3 is 2.25 bits per heavy atom. The molecule has 1 aliphatic carbocycles. The number of phenolic OH excluding ortho intramolecular Hbond substituents is 1. The molecule has 0 atom stereocenters. The Bertz CT molecular complexity index is 335. The van der Waals surface area contributed by atoms with Crippen molar-refractivity contribution in [2.45, 2.75) is 57.8 Å². The van der Waals surface area contributed by atoms with Gasteiger partial charge in [0.15, 0.2) is 0 Å². The Morgan fingerprint density at radius 1 is 1.00 bits per heavy atom. The van der Waals surface area contributed by atoms with Crippen LogP contribution in [0.2, 0.25) is 0 Å². The van der Waals surface area contributed by atoms with Gasteiger partial charge in [0.05, 0.1) is 0 Å². The summed E-state index contributed by atoms with van der Waals surface area (Å²) in [5, 5.41) is 9.54. The molecule has 88 valence electrons. The lowest BCUT2D eigenvalue weighted by Gasteiger charge is -2.20. The molecule has 0 heterocycles. The molecule has 1 nitrogen and oxygen atoms in total. The van der Waals surface area contributed by atoms with E-state index in [1.807, 2.05) is 13.0 Å². The van der Waals surface area contributed by atoms with Crippen molar-refractivity contribution in [3.63, 3.8) is 0 Å². The fourth-order valence-electron chi connectivity index (χ4n) is 2.72. The third-order valence-electron chi connectivity index (χ3n) is 3.80. The van der Waals surface area contributed by atoms with Crippen molar-refractivity contribution in [1.29, 1.82) is 0 Å². The SMILES string of the molecule is Cc1cc(C2CCCCCCC2)ccc1O. The predicted octanol–water partition coefficient (Wildman–Crippen LogP) is 4.53. The molecule has 0 bridgehead atoms. The molecule has 0 amide bonds. The Kier molecular flexibility index (Phi) is 3.87. The molecule has 1 aromatic rings. The first-order valence-corrected chi connectivity index (χ1v) is 6.57. The van der Waals surface area contributed by atoms with E-state index < -0.39 is 0 Å². The average Bonchev–Trinajstić information content (AvgIpc) is 2.22. The third-order valence-corrected chi connectivity index (χ3v) is 3.80. The van der Waals surface area contributed by atoms with Gasteiger partial charge in [-0.2, -0.15) is 0 Å². The Hall–Kier alpha value is -0.980. The second-order valence-electron chi connectivity index (χ2n) is 5.09. The van der Waals surface area contributed by atoms with Crippen LogP contribution in [-0.2, 0) is 0 Å². The van der Waals surface area contributed by atoms with Crippen LogP contribution < -0.4 is 0 Å². The van der Waals surface area contributed by atoms with E-state index in [0.29, 0.717) is 5.75 Å². The summed E-state index contributed by atoms with van der Waals surface area (Å²) in [7, 11) is 0. The zero-order chi connectivity index (χ0) is 11.4. The van der Waals surface area contributed by atoms with E-state index in [-0.39, 0.29) is 0 Å². The molecule has 1 fully saturated rings. The zero-order valence-electron chi connectivity index (χ0n) is 10.2. The summed E-state index contributed by atoms with van der Waals surface area (Å²) >= 11 is 0. The molecule has 2 rings (SSSR count). The second-order valence-corrected chi connectivity index (χ2v) is 5.09. The summed E-state index contributed by atoms with van der Waals surface area (Å²) < 4.78 is 0. The van der Waals surface area contributed by atoms with E-state index in [1.165, 1.54) is 50.5 Å². The molecule has 16 heavy (non-hydrogen) atoms. The van der Waals surface area contributed by atoms with E-state index >= 15 is 0 Å². The summed E-state index contributed by atoms with van der Waals surface area (Å²) in [5.74, 6) is 1.15. The van der Waals surface area contributed by atoms with Gasteiger partial charge in [-0.3, -0.25) is 0 Å². The molecule has 0 aromatic heterocycles. The van der Waals surface area contributed by atoms with E-state index in [0.717, 1.165) is 11.5 Å². The van der Waals surface area contributed by atoms with Crippen LogP contribution >= 0.6 is 0 Å². The number of hydrogen-bond acceptors (Lipinski definition) is 1. The van der Waals surface area contributed by atoms with Crippen molar-refractivity contribution >= 4 is 0 Å². The molecule has 0 aliphatic heterocycles. The van der Waals surface area contributed by atoms with Gasteiger partial charge >= 0.3 is 0 Å². The van der Waals surface area contributed by atoms with Gasteiger partial charge < -0.3 is 5.11 Å². The minimum atomic E-state index is 0.426. The first-order valence-electron chi connectivity index (χ1n) is 6.57. The van der Waals surface area contributed by atoms with Crippen LogP contribution in [0.3, 0.4) is 0 Å². The fraction of sp³-hybridized carbons (Fsp3) is 0.600. The maximum Gasteiger partial charge on any atom is 0.118 e. The maximum absolute atomic E-state index is 9.54. The molecule has 1 N–H and O–H groups in total. The highest BCUT2D eigenvalue weighted by molar-refractivity contribution is 5.36. The quantitative estimate of drug-likeness (QED) is 0.734. The van der Waals surface area contributed by atoms with E-state index in [4.69, 9.17) is 0 Å². The van der Waals surface area contributed by atoms with E-state index in [1.54, 1.807) is 0 Å². The van der Waals surface area contributed by atoms with Crippen molar-refractivity contribution in [1.82, 2.24) is 0 Å². The van der Waals surface area contributed by atoms with Crippen molar-refractivity contribution in [3.8, 4) is 5.75 Å². The van der Waals surface area contributed by atoms with Crippen LogP contribution in [0.5, 0.6) is 5.75 Å². The molecule has 0 saturated heterocycles. The smallest absolute Gasteiger partial charge is 0.118 e. The fourth-order valence-corrected chi connectivity index (χ4v) is 2.72. The molecule has 1 aromatic carbocycles. The van der Waals surface area contributed by atoms with Crippen molar-refractivity contribution in [2.24, 2.45) is 0 Å². The Labute approximate surface area is 98.5 Å². The second kappa shape index (κ2) is 5.38. The number of benzene rings is 1.